The molecule has 3 rings (SSSR count). The van der Waals surface area contributed by atoms with Gasteiger partial charge in [0.15, 0.2) is 0 Å². The summed E-state index contributed by atoms with van der Waals surface area (Å²) in [7, 11) is 0. The van der Waals surface area contributed by atoms with Crippen LogP contribution < -0.4 is 0 Å². The molecule has 1 aliphatic carbocycles. The number of rotatable bonds is 1. The second kappa shape index (κ2) is 4.32. The van der Waals surface area contributed by atoms with Crippen LogP contribution in [-0.4, -0.2) is 23.4 Å². The van der Waals surface area contributed by atoms with E-state index in [-0.39, 0.29) is 5.91 Å². The molecule has 1 amide bonds. The summed E-state index contributed by atoms with van der Waals surface area (Å²) in [5.74, 6) is 0.224. The molecule has 1 saturated carbocycles. The number of thiophene rings is 1. The zero-order chi connectivity index (χ0) is 13.8. The van der Waals surface area contributed by atoms with Crippen molar-refractivity contribution in [3.8, 4) is 0 Å². The summed E-state index contributed by atoms with van der Waals surface area (Å²) in [5.41, 5.74) is 0.680. The van der Waals surface area contributed by atoms with Crippen LogP contribution in [0.25, 0.3) is 0 Å². The van der Waals surface area contributed by atoms with Crippen LogP contribution in [0.1, 0.15) is 49.7 Å². The Hall–Kier alpha value is -0.350. The molecule has 19 heavy (non-hydrogen) atoms. The third-order valence-corrected chi connectivity index (χ3v) is 6.07. The molecule has 2 heterocycles. The normalized spacial score (nSPS) is 32.6. The smallest absolute Gasteiger partial charge is 0.264 e. The van der Waals surface area contributed by atoms with Crippen molar-refractivity contribution in [2.24, 2.45) is 10.8 Å². The second-order valence-corrected chi connectivity index (χ2v) is 9.71. The van der Waals surface area contributed by atoms with Crippen LogP contribution in [0.4, 0.5) is 0 Å². The molecule has 1 aliphatic heterocycles. The Kier molecular flexibility index (Phi) is 3.10. The Balaban J connectivity index is 1.86. The highest BCUT2D eigenvalue weighted by Gasteiger charge is 2.51. The van der Waals surface area contributed by atoms with Crippen molar-refractivity contribution in [1.82, 2.24) is 4.90 Å². The summed E-state index contributed by atoms with van der Waals surface area (Å²) < 4.78 is 1.03. The summed E-state index contributed by atoms with van der Waals surface area (Å²) >= 11 is 4.98. The fourth-order valence-corrected chi connectivity index (χ4v) is 5.61. The fraction of sp³-hybridized carbons (Fsp3) is 0.667. The molecule has 104 valence electrons. The predicted molar refractivity (Wildman–Crippen MR) is 82.6 cm³/mol. The van der Waals surface area contributed by atoms with E-state index in [2.05, 4.69) is 41.6 Å². The first-order valence-corrected chi connectivity index (χ1v) is 8.45. The molecule has 1 aromatic heterocycles. The zero-order valence-electron chi connectivity index (χ0n) is 11.7. The Labute approximate surface area is 127 Å². The first-order valence-electron chi connectivity index (χ1n) is 6.84. The van der Waals surface area contributed by atoms with E-state index in [1.807, 2.05) is 12.1 Å². The van der Waals surface area contributed by atoms with Crippen LogP contribution in [0.3, 0.4) is 0 Å². The van der Waals surface area contributed by atoms with Crippen molar-refractivity contribution >= 4 is 33.2 Å². The van der Waals surface area contributed by atoms with E-state index in [1.165, 1.54) is 12.8 Å². The van der Waals surface area contributed by atoms with Gasteiger partial charge < -0.3 is 4.90 Å². The van der Waals surface area contributed by atoms with E-state index in [0.717, 1.165) is 21.6 Å². The van der Waals surface area contributed by atoms with Crippen LogP contribution >= 0.6 is 27.3 Å². The summed E-state index contributed by atoms with van der Waals surface area (Å²) in [4.78, 5) is 15.7. The molecule has 2 fully saturated rings. The SMILES string of the molecule is CC1(C)CC2CC(C)(CN2C(=O)c2ccc(Br)s2)C1. The summed E-state index contributed by atoms with van der Waals surface area (Å²) in [6.45, 7) is 7.95. The Bertz CT molecular complexity index is 524. The Morgan fingerprint density at radius 1 is 1.37 bits per heavy atom. The minimum atomic E-state index is 0.224. The van der Waals surface area contributed by atoms with Gasteiger partial charge in [-0.15, -0.1) is 11.3 Å². The molecule has 0 spiro atoms. The lowest BCUT2D eigenvalue weighted by Crippen LogP contribution is -2.37. The number of fused-ring (bicyclic) bond motifs is 2. The van der Waals surface area contributed by atoms with Crippen molar-refractivity contribution < 1.29 is 4.79 Å². The number of carbonyl (C=O) groups is 1. The number of carbonyl (C=O) groups excluding carboxylic acids is 1. The number of hydrogen-bond donors (Lipinski definition) is 0. The number of amides is 1. The van der Waals surface area contributed by atoms with Crippen LogP contribution in [0.5, 0.6) is 0 Å². The Morgan fingerprint density at radius 2 is 2.11 bits per heavy atom. The molecule has 4 heteroatoms. The lowest BCUT2D eigenvalue weighted by atomic mass is 9.65. The molecule has 2 bridgehead atoms. The summed E-state index contributed by atoms with van der Waals surface area (Å²) in [6.07, 6.45) is 3.55. The standard InChI is InChI=1S/C15H20BrNOS/c1-14(2)6-10-7-15(3,8-14)9-17(10)13(18)11-4-5-12(16)19-11/h4-5,10H,6-9H2,1-3H3. The number of nitrogens with zero attached hydrogens (tertiary/aromatic N) is 1. The van der Waals surface area contributed by atoms with Gasteiger partial charge in [0.05, 0.1) is 8.66 Å². The minimum absolute atomic E-state index is 0.224. The molecule has 0 aromatic carbocycles. The van der Waals surface area contributed by atoms with Gasteiger partial charge in [-0.25, -0.2) is 0 Å². The summed E-state index contributed by atoms with van der Waals surface area (Å²) in [5, 5.41) is 0. The van der Waals surface area contributed by atoms with Crippen molar-refractivity contribution in [2.45, 2.75) is 46.1 Å². The van der Waals surface area contributed by atoms with Gasteiger partial charge in [-0.2, -0.15) is 0 Å². The van der Waals surface area contributed by atoms with Gasteiger partial charge in [0.1, 0.15) is 0 Å². The van der Waals surface area contributed by atoms with E-state index in [9.17, 15) is 4.79 Å². The van der Waals surface area contributed by atoms with Gasteiger partial charge in [0.2, 0.25) is 0 Å². The molecule has 2 nitrogen and oxygen atoms in total. The maximum Gasteiger partial charge on any atom is 0.264 e. The van der Waals surface area contributed by atoms with Crippen LogP contribution in [0.2, 0.25) is 0 Å². The molecule has 0 radical (unpaired) electrons. The van der Waals surface area contributed by atoms with Crippen LogP contribution in [-0.2, 0) is 0 Å². The maximum absolute atomic E-state index is 12.7. The van der Waals surface area contributed by atoms with Crippen molar-refractivity contribution in [3.63, 3.8) is 0 Å². The highest BCUT2D eigenvalue weighted by atomic mass is 79.9. The van der Waals surface area contributed by atoms with Crippen molar-refractivity contribution in [2.75, 3.05) is 6.54 Å². The molecular weight excluding hydrogens is 322 g/mol. The van der Waals surface area contributed by atoms with Gasteiger partial charge in [-0.1, -0.05) is 20.8 Å². The highest BCUT2D eigenvalue weighted by Crippen LogP contribution is 2.52. The molecule has 2 atom stereocenters. The predicted octanol–water partition coefficient (Wildman–Crippen LogP) is 4.55. The molecule has 0 N–H and O–H groups in total. The largest absolute Gasteiger partial charge is 0.334 e. The van der Waals surface area contributed by atoms with E-state index in [0.29, 0.717) is 16.9 Å². The van der Waals surface area contributed by atoms with Crippen molar-refractivity contribution in [3.05, 3.63) is 20.8 Å². The van der Waals surface area contributed by atoms with Gasteiger partial charge >= 0.3 is 0 Å². The molecule has 1 saturated heterocycles. The van der Waals surface area contributed by atoms with Gasteiger partial charge in [-0.05, 0) is 58.2 Å². The second-order valence-electron chi connectivity index (χ2n) is 7.25. The molecule has 1 aromatic rings. The van der Waals surface area contributed by atoms with E-state index in [4.69, 9.17) is 0 Å². The first kappa shape index (κ1) is 13.6. The zero-order valence-corrected chi connectivity index (χ0v) is 14.1. The maximum atomic E-state index is 12.7. The lowest BCUT2D eigenvalue weighted by Gasteiger charge is -2.39. The van der Waals surface area contributed by atoms with E-state index >= 15 is 0 Å². The average molecular weight is 342 g/mol. The fourth-order valence-electron chi connectivity index (χ4n) is 4.27. The first-order chi connectivity index (χ1) is 8.78. The monoisotopic (exact) mass is 341 g/mol. The number of halogens is 1. The highest BCUT2D eigenvalue weighted by molar-refractivity contribution is 9.11. The van der Waals surface area contributed by atoms with Crippen LogP contribution in [0.15, 0.2) is 15.9 Å². The molecule has 2 aliphatic rings. The van der Waals surface area contributed by atoms with Crippen molar-refractivity contribution in [1.29, 1.82) is 0 Å². The lowest BCUT2D eigenvalue weighted by molar-refractivity contribution is 0.0713. The van der Waals surface area contributed by atoms with Crippen LogP contribution in [0, 0.1) is 10.8 Å². The summed E-state index contributed by atoms with van der Waals surface area (Å²) in [6, 6.07) is 4.33. The molecular formula is C15H20BrNOS. The van der Waals surface area contributed by atoms with Gasteiger partial charge in [0.25, 0.3) is 5.91 Å². The van der Waals surface area contributed by atoms with E-state index in [1.54, 1.807) is 11.3 Å². The minimum Gasteiger partial charge on any atom is -0.334 e. The number of hydrogen-bond acceptors (Lipinski definition) is 2. The Morgan fingerprint density at radius 3 is 2.74 bits per heavy atom. The molecule has 2 unspecified atom stereocenters. The van der Waals surface area contributed by atoms with Gasteiger partial charge in [-0.3, -0.25) is 4.79 Å². The third kappa shape index (κ3) is 2.49. The van der Waals surface area contributed by atoms with Gasteiger partial charge in [0, 0.05) is 12.6 Å². The van der Waals surface area contributed by atoms with E-state index < -0.39 is 0 Å². The third-order valence-electron chi connectivity index (χ3n) is 4.46. The topological polar surface area (TPSA) is 20.3 Å². The quantitative estimate of drug-likeness (QED) is 0.733. The average Bonchev–Trinajstić information content (AvgIpc) is 2.78. The number of likely N-dealkylation sites (tertiary alicyclic amines) is 1.